The summed E-state index contributed by atoms with van der Waals surface area (Å²) < 4.78 is 4.71. The van der Waals surface area contributed by atoms with Gasteiger partial charge in [0.2, 0.25) is 0 Å². The zero-order valence-corrected chi connectivity index (χ0v) is 20.9. The van der Waals surface area contributed by atoms with Gasteiger partial charge in [-0.1, -0.05) is 12.1 Å². The van der Waals surface area contributed by atoms with Crippen molar-refractivity contribution in [1.82, 2.24) is 9.47 Å². The summed E-state index contributed by atoms with van der Waals surface area (Å²) in [6.07, 6.45) is 4.09. The number of hydrogen-bond donors (Lipinski definition) is 0. The minimum atomic E-state index is 0.793. The highest BCUT2D eigenvalue weighted by molar-refractivity contribution is 8.00. The van der Waals surface area contributed by atoms with E-state index >= 15 is 0 Å². The number of nitriles is 1. The highest BCUT2D eigenvalue weighted by atomic mass is 32.2. The van der Waals surface area contributed by atoms with Gasteiger partial charge in [0.05, 0.1) is 16.8 Å². The standard InChI is InChI=1S/C28H33N5S/c1-2-32-27-18-24(31-15-13-30(14-16-31)20-21-4-5-21)10-11-25(27)26(19-29)28(32)22-6-8-23(9-7-22)33-12-3-17-34-33/h6-11,18,21H,2-5,12-17,20H2,1H3. The lowest BCUT2D eigenvalue weighted by Gasteiger charge is -2.36. The molecule has 176 valence electrons. The first-order chi connectivity index (χ1) is 16.7. The van der Waals surface area contributed by atoms with Crippen LogP contribution in [0.2, 0.25) is 0 Å². The number of hydrogen-bond acceptors (Lipinski definition) is 5. The summed E-state index contributed by atoms with van der Waals surface area (Å²) in [4.78, 5) is 5.15. The van der Waals surface area contributed by atoms with Crippen LogP contribution in [0.3, 0.4) is 0 Å². The first-order valence-electron chi connectivity index (χ1n) is 12.8. The molecule has 2 aromatic carbocycles. The lowest BCUT2D eigenvalue weighted by Crippen LogP contribution is -2.47. The van der Waals surface area contributed by atoms with Gasteiger partial charge in [-0.15, -0.1) is 0 Å². The molecule has 0 bridgehead atoms. The molecule has 0 spiro atoms. The molecule has 1 aromatic heterocycles. The molecule has 0 atom stereocenters. The first-order valence-corrected chi connectivity index (χ1v) is 13.7. The zero-order chi connectivity index (χ0) is 23.1. The van der Waals surface area contributed by atoms with E-state index in [1.54, 1.807) is 0 Å². The quantitative estimate of drug-likeness (QED) is 0.438. The van der Waals surface area contributed by atoms with Crippen molar-refractivity contribution in [3.05, 3.63) is 48.0 Å². The van der Waals surface area contributed by atoms with Crippen molar-refractivity contribution >= 4 is 34.2 Å². The van der Waals surface area contributed by atoms with E-state index in [0.717, 1.165) is 67.4 Å². The number of anilines is 2. The Morgan fingerprint density at radius 3 is 2.38 bits per heavy atom. The summed E-state index contributed by atoms with van der Waals surface area (Å²) >= 11 is 1.91. The Bertz CT molecular complexity index is 1210. The van der Waals surface area contributed by atoms with E-state index in [4.69, 9.17) is 0 Å². The Kier molecular flexibility index (Phi) is 5.92. The fourth-order valence-corrected chi connectivity index (χ4v) is 6.57. The largest absolute Gasteiger partial charge is 0.369 e. The third-order valence-corrected chi connectivity index (χ3v) is 8.78. The summed E-state index contributed by atoms with van der Waals surface area (Å²) in [6.45, 7) is 9.89. The van der Waals surface area contributed by atoms with Gasteiger partial charge in [-0.2, -0.15) is 5.26 Å². The van der Waals surface area contributed by atoms with Gasteiger partial charge in [-0.25, -0.2) is 0 Å². The van der Waals surface area contributed by atoms with Gasteiger partial charge in [0.25, 0.3) is 0 Å². The summed E-state index contributed by atoms with van der Waals surface area (Å²) in [5.41, 5.74) is 6.67. The van der Waals surface area contributed by atoms with Crippen molar-refractivity contribution in [3.63, 3.8) is 0 Å². The SMILES string of the molecule is CCn1c(-c2ccc(N3CCCS3)cc2)c(C#N)c2ccc(N3CCN(CC4CC4)CC3)cc21. The number of aryl methyl sites for hydroxylation is 1. The smallest absolute Gasteiger partial charge is 0.102 e. The molecule has 0 radical (unpaired) electrons. The topological polar surface area (TPSA) is 38.4 Å². The Labute approximate surface area is 207 Å². The van der Waals surface area contributed by atoms with Crippen LogP contribution >= 0.6 is 11.9 Å². The average molecular weight is 472 g/mol. The zero-order valence-electron chi connectivity index (χ0n) is 20.0. The summed E-state index contributed by atoms with van der Waals surface area (Å²) in [5, 5.41) is 11.2. The van der Waals surface area contributed by atoms with E-state index in [2.05, 4.69) is 74.1 Å². The maximum atomic E-state index is 10.1. The number of benzene rings is 2. The maximum absolute atomic E-state index is 10.1. The Morgan fingerprint density at radius 2 is 1.74 bits per heavy atom. The molecule has 3 aliphatic rings. The molecule has 0 unspecified atom stereocenters. The lowest BCUT2D eigenvalue weighted by molar-refractivity contribution is 0.248. The number of nitrogens with zero attached hydrogens (tertiary/aromatic N) is 5. The predicted molar refractivity (Wildman–Crippen MR) is 144 cm³/mol. The number of fused-ring (bicyclic) bond motifs is 1. The van der Waals surface area contributed by atoms with Crippen molar-refractivity contribution < 1.29 is 0 Å². The fourth-order valence-electron chi connectivity index (χ4n) is 5.57. The Morgan fingerprint density at radius 1 is 0.971 bits per heavy atom. The van der Waals surface area contributed by atoms with Crippen LogP contribution in [0.5, 0.6) is 0 Å². The molecule has 6 heteroatoms. The molecule has 34 heavy (non-hydrogen) atoms. The highest BCUT2D eigenvalue weighted by Gasteiger charge is 2.27. The van der Waals surface area contributed by atoms with E-state index < -0.39 is 0 Å². The van der Waals surface area contributed by atoms with Gasteiger partial charge in [-0.3, -0.25) is 4.90 Å². The number of rotatable bonds is 6. The van der Waals surface area contributed by atoms with Crippen LogP contribution in [0.25, 0.3) is 22.2 Å². The molecule has 3 heterocycles. The van der Waals surface area contributed by atoms with E-state index in [0.29, 0.717) is 0 Å². The molecule has 5 nitrogen and oxygen atoms in total. The highest BCUT2D eigenvalue weighted by Crippen LogP contribution is 2.37. The van der Waals surface area contributed by atoms with Crippen molar-refractivity contribution in [2.75, 3.05) is 54.2 Å². The fraction of sp³-hybridized carbons (Fsp3) is 0.464. The molecule has 1 aliphatic carbocycles. The molecule has 3 fully saturated rings. The first kappa shape index (κ1) is 21.9. The summed E-state index contributed by atoms with van der Waals surface area (Å²) in [6, 6.07) is 18.0. The van der Waals surface area contributed by atoms with Crippen molar-refractivity contribution in [2.24, 2.45) is 5.92 Å². The van der Waals surface area contributed by atoms with Crippen LogP contribution < -0.4 is 9.21 Å². The monoisotopic (exact) mass is 471 g/mol. The number of piperazine rings is 1. The third-order valence-electron chi connectivity index (χ3n) is 7.61. The molecule has 3 aromatic rings. The maximum Gasteiger partial charge on any atom is 0.102 e. The van der Waals surface area contributed by atoms with E-state index in [-0.39, 0.29) is 0 Å². The van der Waals surface area contributed by atoms with Gasteiger partial charge >= 0.3 is 0 Å². The molecule has 0 N–H and O–H groups in total. The van der Waals surface area contributed by atoms with Crippen molar-refractivity contribution in [3.8, 4) is 17.3 Å². The van der Waals surface area contributed by atoms with Crippen molar-refractivity contribution in [1.29, 1.82) is 5.26 Å². The van der Waals surface area contributed by atoms with Crippen LogP contribution in [-0.2, 0) is 6.54 Å². The van der Waals surface area contributed by atoms with Crippen LogP contribution in [0.1, 0.15) is 31.7 Å². The van der Waals surface area contributed by atoms with E-state index in [1.807, 2.05) is 11.9 Å². The van der Waals surface area contributed by atoms with Crippen LogP contribution in [0, 0.1) is 17.2 Å². The summed E-state index contributed by atoms with van der Waals surface area (Å²) in [7, 11) is 0. The third kappa shape index (κ3) is 4.06. The van der Waals surface area contributed by atoms with E-state index in [9.17, 15) is 5.26 Å². The Hall–Kier alpha value is -2.62. The second-order valence-electron chi connectivity index (χ2n) is 9.85. The molecular weight excluding hydrogens is 438 g/mol. The van der Waals surface area contributed by atoms with Gasteiger partial charge < -0.3 is 13.8 Å². The minimum absolute atomic E-state index is 0.793. The minimum Gasteiger partial charge on any atom is -0.369 e. The average Bonchev–Trinajstić information content (AvgIpc) is 3.41. The molecule has 6 rings (SSSR count). The van der Waals surface area contributed by atoms with Crippen LogP contribution in [0.4, 0.5) is 11.4 Å². The second kappa shape index (κ2) is 9.20. The lowest BCUT2D eigenvalue weighted by atomic mass is 10.1. The summed E-state index contributed by atoms with van der Waals surface area (Å²) in [5.74, 6) is 2.16. The van der Waals surface area contributed by atoms with Gasteiger partial charge in [0.1, 0.15) is 6.07 Å². The molecular formula is C28H33N5S. The van der Waals surface area contributed by atoms with Gasteiger partial charge in [0.15, 0.2) is 0 Å². The number of aromatic nitrogens is 1. The molecule has 2 saturated heterocycles. The predicted octanol–water partition coefficient (Wildman–Crippen LogP) is 5.59. The molecule has 2 aliphatic heterocycles. The van der Waals surface area contributed by atoms with E-state index in [1.165, 1.54) is 48.5 Å². The Balaban J connectivity index is 1.31. The van der Waals surface area contributed by atoms with Crippen LogP contribution in [0.15, 0.2) is 42.5 Å². The van der Waals surface area contributed by atoms with Gasteiger partial charge in [-0.05, 0) is 79.9 Å². The van der Waals surface area contributed by atoms with Crippen molar-refractivity contribution in [2.45, 2.75) is 32.7 Å². The van der Waals surface area contributed by atoms with Gasteiger partial charge in [0, 0.05) is 68.3 Å². The normalized spacial score (nSPS) is 19.2. The molecule has 0 amide bonds. The van der Waals surface area contributed by atoms with Crippen LogP contribution in [-0.4, -0.2) is 54.5 Å². The second-order valence-corrected chi connectivity index (χ2v) is 11.0. The molecule has 1 saturated carbocycles.